The van der Waals surface area contributed by atoms with Crippen molar-refractivity contribution in [2.24, 2.45) is 5.73 Å². The topological polar surface area (TPSA) is 38.0 Å². The first kappa shape index (κ1) is 12.8. The minimum atomic E-state index is -4.67. The highest BCUT2D eigenvalue weighted by atomic mass is 19.4. The molecule has 90 valence electrons. The quantitative estimate of drug-likeness (QED) is 0.623. The van der Waals surface area contributed by atoms with Gasteiger partial charge < -0.3 is 11.1 Å². The molecule has 0 radical (unpaired) electrons. The number of rotatable bonds is 4. The molecule has 1 aromatic carbocycles. The van der Waals surface area contributed by atoms with E-state index in [4.69, 9.17) is 5.73 Å². The molecule has 2 nitrogen and oxygen atoms in total. The second-order valence-electron chi connectivity index (χ2n) is 3.26. The normalized spacial score (nSPS) is 11.6. The van der Waals surface area contributed by atoms with E-state index in [9.17, 15) is 17.6 Å². The van der Waals surface area contributed by atoms with E-state index in [0.717, 1.165) is 12.1 Å². The van der Waals surface area contributed by atoms with Gasteiger partial charge in [-0.25, -0.2) is 4.39 Å². The Morgan fingerprint density at radius 3 is 2.50 bits per heavy atom. The average molecular weight is 236 g/mol. The number of nitrogens with one attached hydrogen (secondary N) is 1. The van der Waals surface area contributed by atoms with Crippen molar-refractivity contribution in [3.63, 3.8) is 0 Å². The summed E-state index contributed by atoms with van der Waals surface area (Å²) in [4.78, 5) is 0. The van der Waals surface area contributed by atoms with Gasteiger partial charge in [-0.05, 0) is 31.2 Å². The molecular weight excluding hydrogens is 224 g/mol. The van der Waals surface area contributed by atoms with Gasteiger partial charge in [0.15, 0.2) is 0 Å². The SMILES string of the molecule is NCCCNc1ccc(F)c(C(F)(F)F)c1. The molecular formula is C10H12F4N2. The molecule has 0 fully saturated rings. The van der Waals surface area contributed by atoms with E-state index in [1.54, 1.807) is 0 Å². The van der Waals surface area contributed by atoms with Gasteiger partial charge in [0.1, 0.15) is 5.82 Å². The fourth-order valence-corrected chi connectivity index (χ4v) is 1.19. The lowest BCUT2D eigenvalue weighted by atomic mass is 10.2. The molecule has 6 heteroatoms. The molecule has 0 saturated carbocycles. The second kappa shape index (κ2) is 5.16. The summed E-state index contributed by atoms with van der Waals surface area (Å²) < 4.78 is 49.9. The van der Waals surface area contributed by atoms with Crippen LogP contribution in [0.4, 0.5) is 23.2 Å². The molecule has 3 N–H and O–H groups in total. The summed E-state index contributed by atoms with van der Waals surface area (Å²) in [6, 6.07) is 2.82. The highest BCUT2D eigenvalue weighted by Gasteiger charge is 2.34. The number of anilines is 1. The average Bonchev–Trinajstić information content (AvgIpc) is 2.19. The van der Waals surface area contributed by atoms with Crippen LogP contribution in [0.2, 0.25) is 0 Å². The summed E-state index contributed by atoms with van der Waals surface area (Å²) in [7, 11) is 0. The lowest BCUT2D eigenvalue weighted by molar-refractivity contribution is -0.139. The summed E-state index contributed by atoms with van der Waals surface area (Å²) in [5.41, 5.74) is 4.22. The molecule has 0 atom stereocenters. The first-order valence-corrected chi connectivity index (χ1v) is 4.76. The fraction of sp³-hybridized carbons (Fsp3) is 0.400. The van der Waals surface area contributed by atoms with Crippen LogP contribution < -0.4 is 11.1 Å². The Bertz CT molecular complexity index is 349. The molecule has 0 unspecified atom stereocenters. The minimum Gasteiger partial charge on any atom is -0.385 e. The first-order valence-electron chi connectivity index (χ1n) is 4.76. The van der Waals surface area contributed by atoms with Crippen LogP contribution in [0.25, 0.3) is 0 Å². The zero-order valence-electron chi connectivity index (χ0n) is 8.44. The van der Waals surface area contributed by atoms with Gasteiger partial charge in [-0.3, -0.25) is 0 Å². The van der Waals surface area contributed by atoms with Crippen LogP contribution in [0.1, 0.15) is 12.0 Å². The van der Waals surface area contributed by atoms with E-state index < -0.39 is 17.6 Å². The first-order chi connectivity index (χ1) is 7.45. The Kier molecular flexibility index (Phi) is 4.12. The van der Waals surface area contributed by atoms with E-state index >= 15 is 0 Å². The molecule has 0 bridgehead atoms. The maximum atomic E-state index is 12.9. The highest BCUT2D eigenvalue weighted by molar-refractivity contribution is 5.47. The lowest BCUT2D eigenvalue weighted by Crippen LogP contribution is -2.11. The third-order valence-electron chi connectivity index (χ3n) is 1.98. The van der Waals surface area contributed by atoms with Gasteiger partial charge in [-0.2, -0.15) is 13.2 Å². The molecule has 0 aromatic heterocycles. The third kappa shape index (κ3) is 3.37. The van der Waals surface area contributed by atoms with Crippen LogP contribution in [-0.4, -0.2) is 13.1 Å². The van der Waals surface area contributed by atoms with Crippen molar-refractivity contribution in [1.29, 1.82) is 0 Å². The van der Waals surface area contributed by atoms with Crippen molar-refractivity contribution in [3.05, 3.63) is 29.6 Å². The molecule has 16 heavy (non-hydrogen) atoms. The zero-order valence-corrected chi connectivity index (χ0v) is 8.44. The fourth-order valence-electron chi connectivity index (χ4n) is 1.19. The van der Waals surface area contributed by atoms with Crippen LogP contribution in [0.5, 0.6) is 0 Å². The minimum absolute atomic E-state index is 0.238. The second-order valence-corrected chi connectivity index (χ2v) is 3.26. The molecule has 0 aliphatic heterocycles. The summed E-state index contributed by atoms with van der Waals surface area (Å²) in [6.07, 6.45) is -4.03. The number of nitrogens with two attached hydrogens (primary N) is 1. The Labute approximate surface area is 90.4 Å². The summed E-state index contributed by atoms with van der Waals surface area (Å²) >= 11 is 0. The molecule has 1 aromatic rings. The smallest absolute Gasteiger partial charge is 0.385 e. The number of hydrogen-bond donors (Lipinski definition) is 2. The number of halogens is 4. The van der Waals surface area contributed by atoms with Gasteiger partial charge in [0, 0.05) is 12.2 Å². The molecule has 0 spiro atoms. The van der Waals surface area contributed by atoms with Crippen LogP contribution in [-0.2, 0) is 6.18 Å². The van der Waals surface area contributed by atoms with Crippen LogP contribution in [0.3, 0.4) is 0 Å². The van der Waals surface area contributed by atoms with Gasteiger partial charge in [0.25, 0.3) is 0 Å². The van der Waals surface area contributed by atoms with Gasteiger partial charge in [0.05, 0.1) is 5.56 Å². The maximum absolute atomic E-state index is 12.9. The Morgan fingerprint density at radius 1 is 1.25 bits per heavy atom. The number of alkyl halides is 3. The monoisotopic (exact) mass is 236 g/mol. The molecule has 0 amide bonds. The number of benzene rings is 1. The largest absolute Gasteiger partial charge is 0.419 e. The van der Waals surface area contributed by atoms with Gasteiger partial charge in [0.2, 0.25) is 0 Å². The van der Waals surface area contributed by atoms with Crippen molar-refractivity contribution in [1.82, 2.24) is 0 Å². The van der Waals surface area contributed by atoms with Crippen molar-refractivity contribution >= 4 is 5.69 Å². The van der Waals surface area contributed by atoms with Gasteiger partial charge >= 0.3 is 6.18 Å². The summed E-state index contributed by atoms with van der Waals surface area (Å²) in [5, 5.41) is 2.74. The molecule has 0 aliphatic rings. The van der Waals surface area contributed by atoms with Gasteiger partial charge in [-0.15, -0.1) is 0 Å². The van der Waals surface area contributed by atoms with Crippen LogP contribution in [0.15, 0.2) is 18.2 Å². The summed E-state index contributed by atoms with van der Waals surface area (Å²) in [5.74, 6) is -1.27. The van der Waals surface area contributed by atoms with Crippen molar-refractivity contribution in [2.75, 3.05) is 18.4 Å². The summed E-state index contributed by atoms with van der Waals surface area (Å²) in [6.45, 7) is 0.903. The molecule has 0 heterocycles. The molecule has 1 rings (SSSR count). The molecule has 0 saturated heterocycles. The van der Waals surface area contributed by atoms with E-state index in [2.05, 4.69) is 5.32 Å². The molecule has 0 aliphatic carbocycles. The van der Waals surface area contributed by atoms with Crippen molar-refractivity contribution in [3.8, 4) is 0 Å². The van der Waals surface area contributed by atoms with Gasteiger partial charge in [-0.1, -0.05) is 0 Å². The standard InChI is InChI=1S/C10H12F4N2/c11-9-3-2-7(16-5-1-4-15)6-8(9)10(12,13)14/h2-3,6,16H,1,4-5,15H2. The Morgan fingerprint density at radius 2 is 1.94 bits per heavy atom. The van der Waals surface area contributed by atoms with Crippen molar-refractivity contribution in [2.45, 2.75) is 12.6 Å². The van der Waals surface area contributed by atoms with E-state index in [1.165, 1.54) is 6.07 Å². The lowest BCUT2D eigenvalue weighted by Gasteiger charge is -2.11. The van der Waals surface area contributed by atoms with E-state index in [0.29, 0.717) is 19.5 Å². The zero-order chi connectivity index (χ0) is 12.2. The van der Waals surface area contributed by atoms with Crippen LogP contribution in [0, 0.1) is 5.82 Å². The Balaban J connectivity index is 2.82. The van der Waals surface area contributed by atoms with Crippen molar-refractivity contribution < 1.29 is 17.6 Å². The van der Waals surface area contributed by atoms with E-state index in [-0.39, 0.29) is 5.69 Å². The van der Waals surface area contributed by atoms with E-state index in [1.807, 2.05) is 0 Å². The number of hydrogen-bond acceptors (Lipinski definition) is 2. The highest BCUT2D eigenvalue weighted by Crippen LogP contribution is 2.32. The predicted molar refractivity (Wildman–Crippen MR) is 53.6 cm³/mol. The maximum Gasteiger partial charge on any atom is 0.419 e. The van der Waals surface area contributed by atoms with Crippen LogP contribution >= 0.6 is 0 Å². The third-order valence-corrected chi connectivity index (χ3v) is 1.98. The predicted octanol–water partition coefficient (Wildman–Crippen LogP) is 2.61. The Hall–Kier alpha value is -1.30.